The molecule has 0 saturated carbocycles. The van der Waals surface area contributed by atoms with Crippen LogP contribution in [0, 0.1) is 0 Å². The predicted octanol–water partition coefficient (Wildman–Crippen LogP) is 0.0315. The van der Waals surface area contributed by atoms with Crippen molar-refractivity contribution in [3.63, 3.8) is 0 Å². The Morgan fingerprint density at radius 2 is 2.00 bits per heavy atom. The summed E-state index contributed by atoms with van der Waals surface area (Å²) in [6, 6.07) is 6.79. The molecule has 1 saturated heterocycles. The second kappa shape index (κ2) is 5.05. The minimum absolute atomic E-state index is 0.00518. The van der Waals surface area contributed by atoms with Crippen molar-refractivity contribution in [2.45, 2.75) is 6.04 Å². The number of carbonyl (C=O) groups excluding carboxylic acids is 1. The second-order valence-corrected chi connectivity index (χ2v) is 4.15. The van der Waals surface area contributed by atoms with Gasteiger partial charge in [-0.2, -0.15) is 0 Å². The van der Waals surface area contributed by atoms with Crippen LogP contribution < -0.4 is 4.90 Å². The molecule has 0 radical (unpaired) electrons. The topological polar surface area (TPSA) is 64.0 Å². The van der Waals surface area contributed by atoms with Gasteiger partial charge in [-0.15, -0.1) is 0 Å². The van der Waals surface area contributed by atoms with Gasteiger partial charge < -0.3 is 20.0 Å². The van der Waals surface area contributed by atoms with E-state index in [0.29, 0.717) is 19.6 Å². The molecule has 1 aromatic carbocycles. The first-order valence-electron chi connectivity index (χ1n) is 5.60. The van der Waals surface area contributed by atoms with Crippen LogP contribution in [0.5, 0.6) is 5.75 Å². The fourth-order valence-electron chi connectivity index (χ4n) is 2.12. The van der Waals surface area contributed by atoms with E-state index >= 15 is 0 Å². The highest BCUT2D eigenvalue weighted by Crippen LogP contribution is 2.22. The lowest BCUT2D eigenvalue weighted by Gasteiger charge is -2.40. The van der Waals surface area contributed by atoms with Gasteiger partial charge in [0.2, 0.25) is 6.41 Å². The predicted molar refractivity (Wildman–Crippen MR) is 64.0 cm³/mol. The number of benzene rings is 1. The van der Waals surface area contributed by atoms with Gasteiger partial charge in [-0.3, -0.25) is 4.79 Å². The molecule has 1 aromatic rings. The van der Waals surface area contributed by atoms with Gasteiger partial charge in [0.05, 0.1) is 12.6 Å². The lowest BCUT2D eigenvalue weighted by molar-refractivity contribution is -0.119. The van der Waals surface area contributed by atoms with E-state index in [1.165, 1.54) is 0 Å². The van der Waals surface area contributed by atoms with E-state index in [-0.39, 0.29) is 18.4 Å². The molecule has 2 N–H and O–H groups in total. The molecule has 92 valence electrons. The smallest absolute Gasteiger partial charge is 0.209 e. The standard InChI is InChI=1S/C12H16N2O3/c15-8-11-7-13(9-16)5-6-14(11)10-1-3-12(17)4-2-10/h1-4,9,11,15,17H,5-8H2. The van der Waals surface area contributed by atoms with E-state index in [1.54, 1.807) is 17.0 Å². The minimum atomic E-state index is -0.0847. The number of piperazine rings is 1. The van der Waals surface area contributed by atoms with Crippen molar-refractivity contribution in [2.24, 2.45) is 0 Å². The van der Waals surface area contributed by atoms with Gasteiger partial charge in [0.1, 0.15) is 5.75 Å². The maximum Gasteiger partial charge on any atom is 0.209 e. The van der Waals surface area contributed by atoms with E-state index in [2.05, 4.69) is 4.90 Å². The molecule has 1 amide bonds. The summed E-state index contributed by atoms with van der Waals surface area (Å²) in [6.45, 7) is 1.88. The van der Waals surface area contributed by atoms with E-state index in [4.69, 9.17) is 0 Å². The zero-order chi connectivity index (χ0) is 12.3. The van der Waals surface area contributed by atoms with Crippen LogP contribution in [-0.4, -0.2) is 53.8 Å². The van der Waals surface area contributed by atoms with Crippen molar-refractivity contribution in [1.29, 1.82) is 0 Å². The first-order chi connectivity index (χ1) is 8.24. The van der Waals surface area contributed by atoms with Crippen molar-refractivity contribution in [2.75, 3.05) is 31.1 Å². The number of nitrogens with zero attached hydrogens (tertiary/aromatic N) is 2. The summed E-state index contributed by atoms with van der Waals surface area (Å²) in [5.74, 6) is 0.223. The van der Waals surface area contributed by atoms with Crippen LogP contribution in [0.3, 0.4) is 0 Å². The first kappa shape index (κ1) is 11.7. The summed E-state index contributed by atoms with van der Waals surface area (Å²) in [6.07, 6.45) is 0.816. The van der Waals surface area contributed by atoms with Crippen LogP contribution >= 0.6 is 0 Å². The van der Waals surface area contributed by atoms with Gasteiger partial charge in [-0.05, 0) is 24.3 Å². The third-order valence-electron chi connectivity index (χ3n) is 3.06. The van der Waals surface area contributed by atoms with E-state index in [9.17, 15) is 15.0 Å². The molecule has 0 aromatic heterocycles. The Morgan fingerprint density at radius 1 is 1.29 bits per heavy atom. The average Bonchev–Trinajstić information content (AvgIpc) is 2.39. The number of carbonyl (C=O) groups is 1. The third kappa shape index (κ3) is 2.50. The molecule has 0 bridgehead atoms. The monoisotopic (exact) mass is 236 g/mol. The molecule has 1 unspecified atom stereocenters. The molecule has 17 heavy (non-hydrogen) atoms. The van der Waals surface area contributed by atoms with Crippen molar-refractivity contribution in [1.82, 2.24) is 4.90 Å². The number of anilines is 1. The zero-order valence-electron chi connectivity index (χ0n) is 9.49. The highest BCUT2D eigenvalue weighted by Gasteiger charge is 2.25. The first-order valence-corrected chi connectivity index (χ1v) is 5.60. The van der Waals surface area contributed by atoms with Crippen molar-refractivity contribution in [3.8, 4) is 5.75 Å². The number of aromatic hydroxyl groups is 1. The maximum absolute atomic E-state index is 10.7. The molecule has 1 aliphatic rings. The number of aliphatic hydroxyl groups is 1. The summed E-state index contributed by atoms with van der Waals surface area (Å²) >= 11 is 0. The molecule has 2 rings (SSSR count). The van der Waals surface area contributed by atoms with E-state index in [1.807, 2.05) is 12.1 Å². The van der Waals surface area contributed by atoms with Crippen molar-refractivity contribution >= 4 is 12.1 Å². The maximum atomic E-state index is 10.7. The average molecular weight is 236 g/mol. The van der Waals surface area contributed by atoms with Crippen LogP contribution in [0.15, 0.2) is 24.3 Å². The summed E-state index contributed by atoms with van der Waals surface area (Å²) in [4.78, 5) is 14.4. The van der Waals surface area contributed by atoms with Crippen molar-refractivity contribution in [3.05, 3.63) is 24.3 Å². The number of rotatable bonds is 3. The lowest BCUT2D eigenvalue weighted by atomic mass is 10.1. The lowest BCUT2D eigenvalue weighted by Crippen LogP contribution is -2.54. The fourth-order valence-corrected chi connectivity index (χ4v) is 2.12. The van der Waals surface area contributed by atoms with Gasteiger partial charge >= 0.3 is 0 Å². The fraction of sp³-hybridized carbons (Fsp3) is 0.417. The van der Waals surface area contributed by atoms with Gasteiger partial charge in [-0.1, -0.05) is 0 Å². The Labute approximate surface area is 99.9 Å². The normalized spacial score (nSPS) is 20.4. The number of hydrogen-bond acceptors (Lipinski definition) is 4. The van der Waals surface area contributed by atoms with Crippen LogP contribution in [0.4, 0.5) is 5.69 Å². The number of hydrogen-bond donors (Lipinski definition) is 2. The molecule has 0 spiro atoms. The molecule has 1 atom stereocenters. The van der Waals surface area contributed by atoms with Crippen LogP contribution in [-0.2, 0) is 4.79 Å². The molecule has 5 nitrogen and oxygen atoms in total. The van der Waals surface area contributed by atoms with Gasteiger partial charge in [-0.25, -0.2) is 0 Å². The molecule has 5 heteroatoms. The number of phenols is 1. The quantitative estimate of drug-likeness (QED) is 0.727. The molecule has 1 aliphatic heterocycles. The number of aliphatic hydroxyl groups excluding tert-OH is 1. The van der Waals surface area contributed by atoms with Crippen LogP contribution in [0.2, 0.25) is 0 Å². The van der Waals surface area contributed by atoms with Gasteiger partial charge in [0.25, 0.3) is 0 Å². The van der Waals surface area contributed by atoms with Gasteiger partial charge in [0, 0.05) is 25.3 Å². The number of amides is 1. The minimum Gasteiger partial charge on any atom is -0.508 e. The summed E-state index contributed by atoms with van der Waals surface area (Å²) < 4.78 is 0. The third-order valence-corrected chi connectivity index (χ3v) is 3.06. The second-order valence-electron chi connectivity index (χ2n) is 4.15. The molecule has 0 aliphatic carbocycles. The van der Waals surface area contributed by atoms with E-state index in [0.717, 1.165) is 12.1 Å². The summed E-state index contributed by atoms with van der Waals surface area (Å²) in [5.41, 5.74) is 0.951. The Balaban J connectivity index is 2.14. The Bertz CT molecular complexity index is 380. The molecular formula is C12H16N2O3. The zero-order valence-corrected chi connectivity index (χ0v) is 9.49. The summed E-state index contributed by atoms with van der Waals surface area (Å²) in [5, 5.41) is 18.6. The number of phenolic OH excluding ortho intramolecular Hbond substituents is 1. The summed E-state index contributed by atoms with van der Waals surface area (Å²) in [7, 11) is 0. The van der Waals surface area contributed by atoms with Crippen LogP contribution in [0.25, 0.3) is 0 Å². The largest absolute Gasteiger partial charge is 0.508 e. The van der Waals surface area contributed by atoms with E-state index < -0.39 is 0 Å². The molecule has 1 fully saturated rings. The molecular weight excluding hydrogens is 220 g/mol. The SMILES string of the molecule is O=CN1CCN(c2ccc(O)cc2)C(CO)C1. The highest BCUT2D eigenvalue weighted by molar-refractivity contribution is 5.53. The van der Waals surface area contributed by atoms with Gasteiger partial charge in [0.15, 0.2) is 0 Å². The van der Waals surface area contributed by atoms with Crippen LogP contribution in [0.1, 0.15) is 0 Å². The Morgan fingerprint density at radius 3 is 2.59 bits per heavy atom. The highest BCUT2D eigenvalue weighted by atomic mass is 16.3. The molecule has 1 heterocycles. The van der Waals surface area contributed by atoms with Crippen molar-refractivity contribution < 1.29 is 15.0 Å². The Hall–Kier alpha value is -1.75. The Kier molecular flexibility index (Phi) is 3.49.